The lowest BCUT2D eigenvalue weighted by Gasteiger charge is -2.08. The van der Waals surface area contributed by atoms with E-state index in [1.165, 1.54) is 0 Å². The summed E-state index contributed by atoms with van der Waals surface area (Å²) < 4.78 is 3.46. The molecule has 0 amide bonds. The molecule has 0 saturated heterocycles. The number of aromatic nitrogens is 8. The summed E-state index contributed by atoms with van der Waals surface area (Å²) in [5.74, 6) is 0.844. The molecule has 9 heteroatoms. The summed E-state index contributed by atoms with van der Waals surface area (Å²) in [6.45, 7) is 0.607. The predicted octanol–water partition coefficient (Wildman–Crippen LogP) is 4.32. The van der Waals surface area contributed by atoms with E-state index < -0.39 is 0 Å². The monoisotopic (exact) mass is 468 g/mol. The van der Waals surface area contributed by atoms with Crippen LogP contribution in [0.3, 0.4) is 0 Å². The number of aromatic amines is 1. The van der Waals surface area contributed by atoms with Crippen LogP contribution in [-0.2, 0) is 13.0 Å². The van der Waals surface area contributed by atoms with E-state index in [1.54, 1.807) is 16.8 Å². The van der Waals surface area contributed by atoms with Gasteiger partial charge in [-0.15, -0.1) is 5.10 Å². The van der Waals surface area contributed by atoms with Gasteiger partial charge in [-0.2, -0.15) is 10.2 Å². The quantitative estimate of drug-likeness (QED) is 0.289. The molecular formula is C26H28N8O. The standard InChI is InChI=1S/C26H28N8O/c35-24-17-16-21(29-34(24)19-10-4-2-1-3-8-15-23-27-31-32-28-23)25-22-14-9-11-18-33(22)30-26(25)20-12-6-5-7-13-20/h5-7,9,11-14,16-18H,1-4,8,10,15,19H2,(H,27,28,31,32). The summed E-state index contributed by atoms with van der Waals surface area (Å²) in [7, 11) is 0. The van der Waals surface area contributed by atoms with E-state index in [-0.39, 0.29) is 5.56 Å². The number of nitrogens with zero attached hydrogens (tertiary/aromatic N) is 7. The Morgan fingerprint density at radius 3 is 2.43 bits per heavy atom. The van der Waals surface area contributed by atoms with E-state index in [2.05, 4.69) is 20.6 Å². The minimum Gasteiger partial charge on any atom is -0.268 e. The van der Waals surface area contributed by atoms with Gasteiger partial charge >= 0.3 is 0 Å². The Labute approximate surface area is 202 Å². The molecule has 35 heavy (non-hydrogen) atoms. The van der Waals surface area contributed by atoms with Crippen molar-refractivity contribution in [1.29, 1.82) is 0 Å². The second kappa shape index (κ2) is 10.9. The van der Waals surface area contributed by atoms with Gasteiger partial charge in [0.25, 0.3) is 5.56 Å². The topological polar surface area (TPSA) is 107 Å². The number of benzene rings is 1. The fourth-order valence-electron chi connectivity index (χ4n) is 4.34. The molecule has 4 heterocycles. The van der Waals surface area contributed by atoms with Gasteiger partial charge in [0.05, 0.1) is 16.8 Å². The first-order valence-corrected chi connectivity index (χ1v) is 12.1. The van der Waals surface area contributed by atoms with Crippen LogP contribution in [0.15, 0.2) is 71.7 Å². The number of aryl methyl sites for hydroxylation is 2. The van der Waals surface area contributed by atoms with E-state index in [1.807, 2.05) is 59.2 Å². The maximum Gasteiger partial charge on any atom is 0.266 e. The number of tetrazole rings is 1. The second-order valence-corrected chi connectivity index (χ2v) is 8.62. The Kier molecular flexibility index (Phi) is 7.02. The summed E-state index contributed by atoms with van der Waals surface area (Å²) in [5, 5.41) is 23.5. The zero-order valence-corrected chi connectivity index (χ0v) is 19.5. The van der Waals surface area contributed by atoms with E-state index in [4.69, 9.17) is 10.2 Å². The van der Waals surface area contributed by atoms with Crippen molar-refractivity contribution in [2.24, 2.45) is 0 Å². The van der Waals surface area contributed by atoms with E-state index in [9.17, 15) is 4.79 Å². The summed E-state index contributed by atoms with van der Waals surface area (Å²) in [6.07, 6.45) is 9.31. The van der Waals surface area contributed by atoms with Crippen LogP contribution in [-0.4, -0.2) is 40.0 Å². The van der Waals surface area contributed by atoms with Gasteiger partial charge < -0.3 is 0 Å². The second-order valence-electron chi connectivity index (χ2n) is 8.62. The van der Waals surface area contributed by atoms with Crippen molar-refractivity contribution in [3.8, 4) is 22.5 Å². The van der Waals surface area contributed by atoms with Gasteiger partial charge in [0.15, 0.2) is 0 Å². The van der Waals surface area contributed by atoms with Gasteiger partial charge in [0.2, 0.25) is 0 Å². The number of hydrogen-bond acceptors (Lipinski definition) is 6. The lowest BCUT2D eigenvalue weighted by atomic mass is 10.0. The van der Waals surface area contributed by atoms with Crippen LogP contribution in [0.4, 0.5) is 0 Å². The maximum atomic E-state index is 12.5. The summed E-state index contributed by atoms with van der Waals surface area (Å²) in [6, 6.07) is 19.5. The highest BCUT2D eigenvalue weighted by Gasteiger charge is 2.18. The number of pyridine rings is 1. The average molecular weight is 469 g/mol. The van der Waals surface area contributed by atoms with Gasteiger partial charge in [0, 0.05) is 30.8 Å². The van der Waals surface area contributed by atoms with E-state index >= 15 is 0 Å². The van der Waals surface area contributed by atoms with Crippen LogP contribution >= 0.6 is 0 Å². The van der Waals surface area contributed by atoms with Crippen LogP contribution in [0.2, 0.25) is 0 Å². The molecular weight excluding hydrogens is 440 g/mol. The molecule has 5 rings (SSSR count). The van der Waals surface area contributed by atoms with E-state index in [0.717, 1.165) is 78.8 Å². The smallest absolute Gasteiger partial charge is 0.266 e. The van der Waals surface area contributed by atoms with E-state index in [0.29, 0.717) is 6.54 Å². The number of nitrogens with one attached hydrogen (secondary N) is 1. The molecule has 0 aliphatic heterocycles. The number of H-pyrrole nitrogens is 1. The van der Waals surface area contributed by atoms with Gasteiger partial charge in [-0.3, -0.25) is 4.79 Å². The van der Waals surface area contributed by atoms with Crippen LogP contribution < -0.4 is 5.56 Å². The van der Waals surface area contributed by atoms with Crippen molar-refractivity contribution < 1.29 is 0 Å². The highest BCUT2D eigenvalue weighted by molar-refractivity contribution is 5.90. The third-order valence-corrected chi connectivity index (χ3v) is 6.13. The minimum absolute atomic E-state index is 0.0767. The van der Waals surface area contributed by atoms with Crippen molar-refractivity contribution in [2.45, 2.75) is 51.5 Å². The molecule has 5 aromatic rings. The predicted molar refractivity (Wildman–Crippen MR) is 134 cm³/mol. The molecule has 9 nitrogen and oxygen atoms in total. The number of hydrogen-bond donors (Lipinski definition) is 1. The summed E-state index contributed by atoms with van der Waals surface area (Å²) >= 11 is 0. The van der Waals surface area contributed by atoms with Crippen molar-refractivity contribution >= 4 is 5.52 Å². The van der Waals surface area contributed by atoms with Gasteiger partial charge in [0.1, 0.15) is 11.5 Å². The molecule has 0 spiro atoms. The van der Waals surface area contributed by atoms with Crippen LogP contribution in [0, 0.1) is 0 Å². The summed E-state index contributed by atoms with van der Waals surface area (Å²) in [4.78, 5) is 12.5. The zero-order chi connectivity index (χ0) is 23.9. The van der Waals surface area contributed by atoms with Crippen LogP contribution in [0.5, 0.6) is 0 Å². The molecule has 4 aromatic heterocycles. The van der Waals surface area contributed by atoms with Crippen molar-refractivity contribution in [1.82, 2.24) is 40.0 Å². The Morgan fingerprint density at radius 2 is 1.60 bits per heavy atom. The molecule has 0 atom stereocenters. The maximum absolute atomic E-state index is 12.5. The van der Waals surface area contributed by atoms with Crippen molar-refractivity contribution in [3.63, 3.8) is 0 Å². The molecule has 0 fully saturated rings. The Bertz CT molecular complexity index is 1420. The Hall–Kier alpha value is -4.14. The normalized spacial score (nSPS) is 11.3. The number of rotatable bonds is 11. The number of unbranched alkanes of at least 4 members (excludes halogenated alkanes) is 5. The highest BCUT2D eigenvalue weighted by atomic mass is 16.1. The van der Waals surface area contributed by atoms with Gasteiger partial charge in [-0.1, -0.05) is 62.1 Å². The molecule has 0 unspecified atom stereocenters. The van der Waals surface area contributed by atoms with Crippen LogP contribution in [0.25, 0.3) is 28.0 Å². The average Bonchev–Trinajstić information content (AvgIpc) is 3.55. The van der Waals surface area contributed by atoms with Gasteiger partial charge in [-0.05, 0) is 41.5 Å². The van der Waals surface area contributed by atoms with Crippen molar-refractivity contribution in [3.05, 3.63) is 83.0 Å². The number of fused-ring (bicyclic) bond motifs is 1. The molecule has 0 aliphatic rings. The third-order valence-electron chi connectivity index (χ3n) is 6.13. The van der Waals surface area contributed by atoms with Crippen LogP contribution in [0.1, 0.15) is 44.3 Å². The molecule has 0 radical (unpaired) electrons. The molecule has 178 valence electrons. The molecule has 0 bridgehead atoms. The minimum atomic E-state index is -0.0767. The lowest BCUT2D eigenvalue weighted by molar-refractivity contribution is 0.508. The third kappa shape index (κ3) is 5.34. The highest BCUT2D eigenvalue weighted by Crippen LogP contribution is 2.33. The largest absolute Gasteiger partial charge is 0.268 e. The SMILES string of the molecule is O=c1ccc(-c2c(-c3ccccc3)nn3ccccc23)nn1CCCCCCCCc1nnn[nH]1. The Balaban J connectivity index is 1.25. The first-order valence-electron chi connectivity index (χ1n) is 12.1. The summed E-state index contributed by atoms with van der Waals surface area (Å²) in [5.41, 5.74) is 4.46. The fourth-order valence-corrected chi connectivity index (χ4v) is 4.34. The van der Waals surface area contributed by atoms with Crippen molar-refractivity contribution in [2.75, 3.05) is 0 Å². The fraction of sp³-hybridized carbons (Fsp3) is 0.308. The van der Waals surface area contributed by atoms with Gasteiger partial charge in [-0.25, -0.2) is 14.3 Å². The first kappa shape index (κ1) is 22.6. The first-order chi connectivity index (χ1) is 17.3. The zero-order valence-electron chi connectivity index (χ0n) is 19.5. The molecule has 0 saturated carbocycles. The molecule has 0 aliphatic carbocycles. The molecule has 1 N–H and O–H groups in total. The lowest BCUT2D eigenvalue weighted by Crippen LogP contribution is -2.22. The molecule has 1 aromatic carbocycles. The Morgan fingerprint density at radius 1 is 0.800 bits per heavy atom.